The molecule has 8 nitrogen and oxygen atoms in total. The van der Waals surface area contributed by atoms with E-state index in [0.29, 0.717) is 36.2 Å². The van der Waals surface area contributed by atoms with Gasteiger partial charge in [-0.2, -0.15) is 4.98 Å². The molecule has 1 aliphatic carbocycles. The van der Waals surface area contributed by atoms with Crippen LogP contribution in [0.25, 0.3) is 0 Å². The van der Waals surface area contributed by atoms with Crippen molar-refractivity contribution >= 4 is 30.7 Å². The lowest BCUT2D eigenvalue weighted by Gasteiger charge is -2.35. The van der Waals surface area contributed by atoms with E-state index in [9.17, 15) is 4.79 Å². The first kappa shape index (κ1) is 24.3. The summed E-state index contributed by atoms with van der Waals surface area (Å²) in [6.07, 6.45) is 3.26. The highest BCUT2D eigenvalue weighted by molar-refractivity contribution is 5.85. The predicted octanol–water partition coefficient (Wildman–Crippen LogP) is 2.04. The minimum Gasteiger partial charge on any atom is -0.371 e. The number of ether oxygens (including phenoxy) is 1. The van der Waals surface area contributed by atoms with E-state index >= 15 is 0 Å². The van der Waals surface area contributed by atoms with Gasteiger partial charge in [0, 0.05) is 38.7 Å². The largest absolute Gasteiger partial charge is 0.371 e. The van der Waals surface area contributed by atoms with Crippen LogP contribution in [0.4, 0.5) is 0 Å². The topological polar surface area (TPSA) is 83.7 Å². The summed E-state index contributed by atoms with van der Waals surface area (Å²) >= 11 is 0. The second kappa shape index (κ2) is 10.4. The Hall–Kier alpha value is -0.930. The maximum atomic E-state index is 12.9. The Morgan fingerprint density at radius 2 is 1.97 bits per heavy atom. The highest BCUT2D eigenvalue weighted by Gasteiger charge is 2.58. The molecular weight excluding hydrogens is 417 g/mol. The van der Waals surface area contributed by atoms with Gasteiger partial charge in [0.15, 0.2) is 5.82 Å². The summed E-state index contributed by atoms with van der Waals surface area (Å²) in [4.78, 5) is 21.7. The first-order chi connectivity index (χ1) is 13.1. The number of amides is 1. The standard InChI is InChI=1S/C19H31N5O3.2ClH/c1-3-26-14(2)17-21-16(27-22-17)13-23-8-10-24(11-9-23)18(25)15-12-19(15)4-6-20-7-5-19;;/h14-15,20H,3-13H2,1-2H3;2*1H. The van der Waals surface area contributed by atoms with Crippen molar-refractivity contribution in [1.29, 1.82) is 0 Å². The van der Waals surface area contributed by atoms with Gasteiger partial charge in [-0.25, -0.2) is 0 Å². The van der Waals surface area contributed by atoms with Gasteiger partial charge in [0.25, 0.3) is 0 Å². The van der Waals surface area contributed by atoms with E-state index in [0.717, 1.165) is 58.5 Å². The van der Waals surface area contributed by atoms with Gasteiger partial charge in [0.05, 0.1) is 6.54 Å². The summed E-state index contributed by atoms with van der Waals surface area (Å²) in [5.74, 6) is 1.86. The van der Waals surface area contributed by atoms with E-state index in [1.807, 2.05) is 13.8 Å². The van der Waals surface area contributed by atoms with Gasteiger partial charge in [0.1, 0.15) is 6.10 Å². The fraction of sp³-hybridized carbons (Fsp3) is 0.842. The van der Waals surface area contributed by atoms with Crippen LogP contribution >= 0.6 is 24.8 Å². The van der Waals surface area contributed by atoms with Gasteiger partial charge < -0.3 is 19.5 Å². The smallest absolute Gasteiger partial charge is 0.240 e. The number of carbonyl (C=O) groups excluding carboxylic acids is 1. The molecule has 1 amide bonds. The number of piperidine rings is 1. The van der Waals surface area contributed by atoms with E-state index in [1.165, 1.54) is 0 Å². The molecule has 29 heavy (non-hydrogen) atoms. The highest BCUT2D eigenvalue weighted by Crippen LogP contribution is 2.59. The molecule has 1 spiro atoms. The van der Waals surface area contributed by atoms with Crippen molar-refractivity contribution < 1.29 is 14.1 Å². The van der Waals surface area contributed by atoms with Gasteiger partial charge in [-0.1, -0.05) is 5.16 Å². The number of halogens is 2. The number of nitrogens with zero attached hydrogens (tertiary/aromatic N) is 4. The van der Waals surface area contributed by atoms with Crippen molar-refractivity contribution in [3.8, 4) is 0 Å². The van der Waals surface area contributed by atoms with Crippen LogP contribution in [0.5, 0.6) is 0 Å². The lowest BCUT2D eigenvalue weighted by molar-refractivity contribution is -0.135. The molecule has 10 heteroatoms. The molecule has 0 bridgehead atoms. The first-order valence-corrected chi connectivity index (χ1v) is 10.3. The Balaban J connectivity index is 0.00000150. The molecule has 1 N–H and O–H groups in total. The number of hydrogen-bond donors (Lipinski definition) is 1. The fourth-order valence-corrected chi connectivity index (χ4v) is 4.53. The molecule has 2 saturated heterocycles. The Morgan fingerprint density at radius 3 is 2.62 bits per heavy atom. The van der Waals surface area contributed by atoms with Crippen LogP contribution in [0.1, 0.15) is 50.9 Å². The van der Waals surface area contributed by atoms with Crippen molar-refractivity contribution in [3.63, 3.8) is 0 Å². The summed E-state index contributed by atoms with van der Waals surface area (Å²) in [5, 5.41) is 7.42. The molecule has 1 aromatic heterocycles. The molecule has 1 aromatic rings. The van der Waals surface area contributed by atoms with Crippen molar-refractivity contribution in [2.24, 2.45) is 11.3 Å². The Kier molecular flexibility index (Phi) is 8.72. The quantitative estimate of drug-likeness (QED) is 0.710. The summed E-state index contributed by atoms with van der Waals surface area (Å²) in [5.41, 5.74) is 0.316. The highest BCUT2D eigenvalue weighted by atomic mass is 35.5. The molecule has 166 valence electrons. The minimum atomic E-state index is -0.150. The zero-order valence-electron chi connectivity index (χ0n) is 17.3. The van der Waals surface area contributed by atoms with E-state index < -0.39 is 0 Å². The number of aromatic nitrogens is 2. The number of rotatable bonds is 6. The Morgan fingerprint density at radius 1 is 1.28 bits per heavy atom. The molecule has 3 aliphatic rings. The van der Waals surface area contributed by atoms with Gasteiger partial charge in [-0.05, 0) is 51.6 Å². The first-order valence-electron chi connectivity index (χ1n) is 10.3. The van der Waals surface area contributed by atoms with Gasteiger partial charge in [0.2, 0.25) is 11.8 Å². The summed E-state index contributed by atoms with van der Waals surface area (Å²) in [6.45, 7) is 10.5. The molecular formula is C19H33Cl2N5O3. The van der Waals surface area contributed by atoms with E-state index in [1.54, 1.807) is 0 Å². The SMILES string of the molecule is CCOC(C)c1noc(CN2CCN(C(=O)C3CC34CCNCC4)CC2)n1.Cl.Cl. The van der Waals surface area contributed by atoms with Crippen molar-refractivity contribution in [2.75, 3.05) is 45.9 Å². The molecule has 3 fully saturated rings. The third-order valence-electron chi connectivity index (χ3n) is 6.39. The van der Waals surface area contributed by atoms with Crippen LogP contribution < -0.4 is 5.32 Å². The van der Waals surface area contributed by atoms with Crippen LogP contribution in [0, 0.1) is 11.3 Å². The van der Waals surface area contributed by atoms with Gasteiger partial charge >= 0.3 is 0 Å². The average Bonchev–Trinajstić information content (AvgIpc) is 3.15. The number of piperazine rings is 1. The summed E-state index contributed by atoms with van der Waals surface area (Å²) in [7, 11) is 0. The van der Waals surface area contributed by atoms with E-state index in [-0.39, 0.29) is 36.8 Å². The lowest BCUT2D eigenvalue weighted by Crippen LogP contribution is -2.49. The predicted molar refractivity (Wildman–Crippen MR) is 113 cm³/mol. The molecule has 2 aliphatic heterocycles. The minimum absolute atomic E-state index is 0. The van der Waals surface area contributed by atoms with Crippen LogP contribution in [0.2, 0.25) is 0 Å². The van der Waals surface area contributed by atoms with Gasteiger partial charge in [-0.3, -0.25) is 9.69 Å². The Labute approximate surface area is 184 Å². The molecule has 2 unspecified atom stereocenters. The van der Waals surface area contributed by atoms with Gasteiger partial charge in [-0.15, -0.1) is 24.8 Å². The summed E-state index contributed by atoms with van der Waals surface area (Å²) < 4.78 is 10.9. The molecule has 4 rings (SSSR count). The maximum Gasteiger partial charge on any atom is 0.240 e. The number of carbonyl (C=O) groups is 1. The third kappa shape index (κ3) is 5.41. The zero-order valence-corrected chi connectivity index (χ0v) is 18.9. The van der Waals surface area contributed by atoms with E-state index in [2.05, 4.69) is 25.3 Å². The third-order valence-corrected chi connectivity index (χ3v) is 6.39. The second-order valence-corrected chi connectivity index (χ2v) is 8.11. The van der Waals surface area contributed by atoms with Crippen molar-refractivity contribution in [3.05, 3.63) is 11.7 Å². The van der Waals surface area contributed by atoms with Crippen LogP contribution in [0.15, 0.2) is 4.52 Å². The second-order valence-electron chi connectivity index (χ2n) is 8.11. The normalized spacial score (nSPS) is 24.5. The maximum absolute atomic E-state index is 12.9. The zero-order chi connectivity index (χ0) is 18.9. The molecule has 2 atom stereocenters. The lowest BCUT2D eigenvalue weighted by atomic mass is 9.91. The number of hydrogen-bond acceptors (Lipinski definition) is 7. The van der Waals surface area contributed by atoms with Crippen molar-refractivity contribution in [1.82, 2.24) is 25.3 Å². The van der Waals surface area contributed by atoms with Crippen LogP contribution in [0.3, 0.4) is 0 Å². The monoisotopic (exact) mass is 449 g/mol. The molecule has 0 radical (unpaired) electrons. The average molecular weight is 450 g/mol. The van der Waals surface area contributed by atoms with E-state index in [4.69, 9.17) is 9.26 Å². The van der Waals surface area contributed by atoms with Crippen molar-refractivity contribution in [2.45, 2.75) is 45.8 Å². The fourth-order valence-electron chi connectivity index (χ4n) is 4.53. The molecule has 0 aromatic carbocycles. The summed E-state index contributed by atoms with van der Waals surface area (Å²) in [6, 6.07) is 0. The molecule has 1 saturated carbocycles. The van der Waals surface area contributed by atoms with Crippen LogP contribution in [-0.2, 0) is 16.1 Å². The molecule has 3 heterocycles. The van der Waals surface area contributed by atoms with Crippen LogP contribution in [-0.4, -0.2) is 71.7 Å². The Bertz CT molecular complexity index is 660. The number of nitrogens with one attached hydrogen (secondary N) is 1.